The van der Waals surface area contributed by atoms with Crippen LogP contribution in [0.5, 0.6) is 0 Å². The summed E-state index contributed by atoms with van der Waals surface area (Å²) in [7, 11) is 2.04. The lowest BCUT2D eigenvalue weighted by Gasteiger charge is -2.01. The van der Waals surface area contributed by atoms with Crippen molar-refractivity contribution in [2.24, 2.45) is 12.8 Å². The molecule has 1 heterocycles. The van der Waals surface area contributed by atoms with Crippen LogP contribution in [0.2, 0.25) is 0 Å². The minimum atomic E-state index is 0.637. The maximum Gasteiger partial charge on any atom is 0.110 e. The van der Waals surface area contributed by atoms with Gasteiger partial charge >= 0.3 is 0 Å². The predicted octanol–water partition coefficient (Wildman–Crippen LogP) is 1.90. The first-order valence-corrected chi connectivity index (χ1v) is 5.51. The molecule has 0 saturated carbocycles. The van der Waals surface area contributed by atoms with E-state index in [2.05, 4.69) is 28.6 Å². The summed E-state index contributed by atoms with van der Waals surface area (Å²) >= 11 is 0. The molecule has 0 spiro atoms. The molecule has 3 heteroatoms. The van der Waals surface area contributed by atoms with Crippen molar-refractivity contribution in [1.29, 1.82) is 0 Å². The van der Waals surface area contributed by atoms with Crippen molar-refractivity contribution in [1.82, 2.24) is 9.55 Å². The third-order valence-corrected chi connectivity index (χ3v) is 2.89. The van der Waals surface area contributed by atoms with E-state index in [1.165, 1.54) is 11.3 Å². The minimum Gasteiger partial charge on any atom is -0.335 e. The van der Waals surface area contributed by atoms with E-state index in [0.717, 1.165) is 17.9 Å². The van der Waals surface area contributed by atoms with Gasteiger partial charge in [-0.15, -0.1) is 0 Å². The molecule has 1 aromatic heterocycles. The summed E-state index contributed by atoms with van der Waals surface area (Å²) in [6, 6.07) is 10.3. The van der Waals surface area contributed by atoms with Crippen LogP contribution < -0.4 is 5.73 Å². The lowest BCUT2D eigenvalue weighted by Crippen LogP contribution is -2.08. The summed E-state index contributed by atoms with van der Waals surface area (Å²) in [5.74, 6) is 1.05. The van der Waals surface area contributed by atoms with Crippen molar-refractivity contribution in [2.75, 3.05) is 6.54 Å². The zero-order chi connectivity index (χ0) is 11.5. The Bertz CT molecular complexity index is 471. The van der Waals surface area contributed by atoms with E-state index in [-0.39, 0.29) is 0 Å². The molecule has 2 rings (SSSR count). The van der Waals surface area contributed by atoms with Gasteiger partial charge in [0.1, 0.15) is 5.82 Å². The Kier molecular flexibility index (Phi) is 3.06. The maximum absolute atomic E-state index is 5.57. The monoisotopic (exact) mass is 215 g/mol. The van der Waals surface area contributed by atoms with Crippen LogP contribution in [-0.4, -0.2) is 16.1 Å². The Balaban J connectivity index is 2.46. The van der Waals surface area contributed by atoms with E-state index in [0.29, 0.717) is 6.54 Å². The van der Waals surface area contributed by atoms with Gasteiger partial charge in [0.2, 0.25) is 0 Å². The SMILES string of the molecule is Cc1c(-c2ccccc2)nc(CCN)n1C. The van der Waals surface area contributed by atoms with Gasteiger partial charge in [-0.05, 0) is 13.5 Å². The first kappa shape index (κ1) is 10.9. The number of aromatic nitrogens is 2. The standard InChI is InChI=1S/C13H17N3/c1-10-13(11-6-4-3-5-7-11)15-12(8-9-14)16(10)2/h3-7H,8-9,14H2,1-2H3. The fraction of sp³-hybridized carbons (Fsp3) is 0.308. The molecule has 0 aliphatic heterocycles. The third kappa shape index (κ3) is 1.86. The topological polar surface area (TPSA) is 43.8 Å². The second-order valence-corrected chi connectivity index (χ2v) is 3.93. The number of imidazole rings is 1. The molecular formula is C13H17N3. The van der Waals surface area contributed by atoms with E-state index in [4.69, 9.17) is 5.73 Å². The van der Waals surface area contributed by atoms with Crippen LogP contribution in [0, 0.1) is 6.92 Å². The Labute approximate surface area is 95.9 Å². The van der Waals surface area contributed by atoms with E-state index in [1.807, 2.05) is 25.2 Å². The molecule has 0 radical (unpaired) electrons. The van der Waals surface area contributed by atoms with Crippen molar-refractivity contribution >= 4 is 0 Å². The molecule has 0 amide bonds. The van der Waals surface area contributed by atoms with Gasteiger partial charge in [0, 0.05) is 24.7 Å². The van der Waals surface area contributed by atoms with Gasteiger partial charge in [0.25, 0.3) is 0 Å². The lowest BCUT2D eigenvalue weighted by atomic mass is 10.1. The molecule has 16 heavy (non-hydrogen) atoms. The fourth-order valence-corrected chi connectivity index (χ4v) is 1.86. The zero-order valence-electron chi connectivity index (χ0n) is 9.77. The van der Waals surface area contributed by atoms with Crippen LogP contribution in [0.3, 0.4) is 0 Å². The molecule has 0 saturated heterocycles. The Hall–Kier alpha value is -1.61. The second-order valence-electron chi connectivity index (χ2n) is 3.93. The van der Waals surface area contributed by atoms with Gasteiger partial charge in [0.15, 0.2) is 0 Å². The summed E-state index contributed by atoms with van der Waals surface area (Å²) in [5.41, 5.74) is 8.99. The minimum absolute atomic E-state index is 0.637. The number of hydrogen-bond donors (Lipinski definition) is 1. The molecule has 2 N–H and O–H groups in total. The van der Waals surface area contributed by atoms with Crippen molar-refractivity contribution < 1.29 is 0 Å². The molecule has 1 aromatic carbocycles. The Morgan fingerprint density at radius 3 is 2.56 bits per heavy atom. The summed E-state index contributed by atoms with van der Waals surface area (Å²) in [4.78, 5) is 4.65. The second kappa shape index (κ2) is 4.49. The zero-order valence-corrected chi connectivity index (χ0v) is 9.77. The molecule has 2 aromatic rings. The van der Waals surface area contributed by atoms with Gasteiger partial charge in [-0.25, -0.2) is 4.98 Å². The third-order valence-electron chi connectivity index (χ3n) is 2.89. The van der Waals surface area contributed by atoms with E-state index < -0.39 is 0 Å². The first-order valence-electron chi connectivity index (χ1n) is 5.51. The van der Waals surface area contributed by atoms with Gasteiger partial charge in [-0.2, -0.15) is 0 Å². The van der Waals surface area contributed by atoms with Crippen LogP contribution in [0.4, 0.5) is 0 Å². The molecule has 0 bridgehead atoms. The maximum atomic E-state index is 5.57. The highest BCUT2D eigenvalue weighted by Crippen LogP contribution is 2.22. The van der Waals surface area contributed by atoms with Crippen molar-refractivity contribution in [3.63, 3.8) is 0 Å². The highest BCUT2D eigenvalue weighted by molar-refractivity contribution is 5.62. The van der Waals surface area contributed by atoms with E-state index >= 15 is 0 Å². The molecule has 0 fully saturated rings. The van der Waals surface area contributed by atoms with Crippen LogP contribution in [0.25, 0.3) is 11.3 Å². The number of rotatable bonds is 3. The van der Waals surface area contributed by atoms with Crippen LogP contribution in [0.1, 0.15) is 11.5 Å². The Morgan fingerprint density at radius 2 is 1.94 bits per heavy atom. The first-order chi connectivity index (χ1) is 7.74. The van der Waals surface area contributed by atoms with Crippen LogP contribution in [0.15, 0.2) is 30.3 Å². The summed E-state index contributed by atoms with van der Waals surface area (Å²) in [6.07, 6.45) is 0.824. The predicted molar refractivity (Wildman–Crippen MR) is 66.1 cm³/mol. The van der Waals surface area contributed by atoms with Crippen molar-refractivity contribution in [3.8, 4) is 11.3 Å². The highest BCUT2D eigenvalue weighted by Gasteiger charge is 2.11. The fourth-order valence-electron chi connectivity index (χ4n) is 1.86. The summed E-state index contributed by atoms with van der Waals surface area (Å²) < 4.78 is 2.12. The molecular weight excluding hydrogens is 198 g/mol. The number of nitrogens with two attached hydrogens (primary N) is 1. The lowest BCUT2D eigenvalue weighted by molar-refractivity contribution is 0.761. The summed E-state index contributed by atoms with van der Waals surface area (Å²) in [6.45, 7) is 2.73. The number of hydrogen-bond acceptors (Lipinski definition) is 2. The molecule has 0 atom stereocenters. The number of nitrogens with zero attached hydrogens (tertiary/aromatic N) is 2. The van der Waals surface area contributed by atoms with E-state index in [9.17, 15) is 0 Å². The average Bonchev–Trinajstić information content (AvgIpc) is 2.59. The van der Waals surface area contributed by atoms with Crippen molar-refractivity contribution in [3.05, 3.63) is 41.9 Å². The molecule has 0 unspecified atom stereocenters. The quantitative estimate of drug-likeness (QED) is 0.849. The van der Waals surface area contributed by atoms with Crippen LogP contribution in [-0.2, 0) is 13.5 Å². The molecule has 0 aliphatic carbocycles. The van der Waals surface area contributed by atoms with Gasteiger partial charge < -0.3 is 10.3 Å². The smallest absolute Gasteiger partial charge is 0.110 e. The van der Waals surface area contributed by atoms with E-state index in [1.54, 1.807) is 0 Å². The largest absolute Gasteiger partial charge is 0.335 e. The molecule has 84 valence electrons. The van der Waals surface area contributed by atoms with Gasteiger partial charge in [-0.3, -0.25) is 0 Å². The molecule has 3 nitrogen and oxygen atoms in total. The normalized spacial score (nSPS) is 10.7. The van der Waals surface area contributed by atoms with Crippen molar-refractivity contribution in [2.45, 2.75) is 13.3 Å². The Morgan fingerprint density at radius 1 is 1.25 bits per heavy atom. The number of benzene rings is 1. The van der Waals surface area contributed by atoms with Gasteiger partial charge in [0.05, 0.1) is 5.69 Å². The summed E-state index contributed by atoms with van der Waals surface area (Å²) in [5, 5.41) is 0. The molecule has 0 aliphatic rings. The van der Waals surface area contributed by atoms with Gasteiger partial charge in [-0.1, -0.05) is 30.3 Å². The van der Waals surface area contributed by atoms with Crippen LogP contribution >= 0.6 is 0 Å². The average molecular weight is 215 g/mol. The highest BCUT2D eigenvalue weighted by atomic mass is 15.1.